The minimum absolute atomic E-state index is 0.00815. The average Bonchev–Trinajstić information content (AvgIpc) is 2.44. The molecule has 0 heterocycles. The zero-order chi connectivity index (χ0) is 15.1. The van der Waals surface area contributed by atoms with Crippen molar-refractivity contribution in [2.45, 2.75) is 26.3 Å². The van der Waals surface area contributed by atoms with Crippen LogP contribution < -0.4 is 5.73 Å². The van der Waals surface area contributed by atoms with Gasteiger partial charge in [0.15, 0.2) is 0 Å². The van der Waals surface area contributed by atoms with Gasteiger partial charge in [-0.3, -0.25) is 14.9 Å². The molecule has 0 saturated carbocycles. The molecule has 0 spiro atoms. The Labute approximate surface area is 118 Å². The first-order valence-electron chi connectivity index (χ1n) is 6.65. The number of nitro groups is 1. The van der Waals surface area contributed by atoms with E-state index < -0.39 is 4.92 Å². The average molecular weight is 279 g/mol. The SMILES string of the molecule is CCC(CN)CC(=O)N(C)Cc1cccc([N+](=O)[O-])c1. The normalized spacial score (nSPS) is 11.9. The highest BCUT2D eigenvalue weighted by molar-refractivity contribution is 5.76. The standard InChI is InChI=1S/C14H21N3O3/c1-3-11(9-15)8-14(18)16(2)10-12-5-4-6-13(7-12)17(19)20/h4-7,11H,3,8-10,15H2,1-2H3. The first-order chi connectivity index (χ1) is 9.47. The second-order valence-corrected chi connectivity index (χ2v) is 4.89. The van der Waals surface area contributed by atoms with Gasteiger partial charge in [0, 0.05) is 32.1 Å². The number of non-ortho nitro benzene ring substituents is 1. The van der Waals surface area contributed by atoms with Crippen molar-refractivity contribution < 1.29 is 9.72 Å². The zero-order valence-electron chi connectivity index (χ0n) is 11.9. The molecule has 0 aliphatic carbocycles. The predicted octanol–water partition coefficient (Wildman–Crippen LogP) is 1.93. The van der Waals surface area contributed by atoms with Gasteiger partial charge < -0.3 is 10.6 Å². The zero-order valence-corrected chi connectivity index (χ0v) is 11.9. The van der Waals surface area contributed by atoms with Crippen molar-refractivity contribution in [1.82, 2.24) is 4.90 Å². The van der Waals surface area contributed by atoms with Gasteiger partial charge in [-0.2, -0.15) is 0 Å². The van der Waals surface area contributed by atoms with Crippen molar-refractivity contribution in [3.8, 4) is 0 Å². The molecule has 0 radical (unpaired) electrons. The fourth-order valence-corrected chi connectivity index (χ4v) is 1.93. The summed E-state index contributed by atoms with van der Waals surface area (Å²) in [4.78, 5) is 23.9. The highest BCUT2D eigenvalue weighted by Gasteiger charge is 2.15. The van der Waals surface area contributed by atoms with E-state index in [9.17, 15) is 14.9 Å². The summed E-state index contributed by atoms with van der Waals surface area (Å²) in [6.45, 7) is 2.86. The molecule has 0 aliphatic heterocycles. The van der Waals surface area contributed by atoms with Crippen LogP contribution in [0.25, 0.3) is 0 Å². The van der Waals surface area contributed by atoms with Gasteiger partial charge in [-0.1, -0.05) is 25.5 Å². The van der Waals surface area contributed by atoms with Gasteiger partial charge in [-0.25, -0.2) is 0 Å². The van der Waals surface area contributed by atoms with Gasteiger partial charge in [0.2, 0.25) is 5.91 Å². The van der Waals surface area contributed by atoms with Crippen LogP contribution in [0.5, 0.6) is 0 Å². The summed E-state index contributed by atoms with van der Waals surface area (Å²) in [7, 11) is 1.70. The Balaban J connectivity index is 2.65. The lowest BCUT2D eigenvalue weighted by molar-refractivity contribution is -0.384. The number of hydrogen-bond donors (Lipinski definition) is 1. The number of benzene rings is 1. The number of carbonyl (C=O) groups excluding carboxylic acids is 1. The number of nitro benzene ring substituents is 1. The Bertz CT molecular complexity index is 472. The monoisotopic (exact) mass is 279 g/mol. The van der Waals surface area contributed by atoms with E-state index in [0.717, 1.165) is 12.0 Å². The van der Waals surface area contributed by atoms with E-state index in [2.05, 4.69) is 0 Å². The summed E-state index contributed by atoms with van der Waals surface area (Å²) in [5, 5.41) is 10.7. The molecule has 6 nitrogen and oxygen atoms in total. The maximum atomic E-state index is 12.0. The van der Waals surface area contributed by atoms with Crippen LogP contribution in [0.4, 0.5) is 5.69 Å². The smallest absolute Gasteiger partial charge is 0.269 e. The van der Waals surface area contributed by atoms with Crippen molar-refractivity contribution in [3.63, 3.8) is 0 Å². The Morgan fingerprint density at radius 3 is 2.75 bits per heavy atom. The molecule has 1 amide bonds. The Kier molecular flexibility index (Phi) is 6.11. The van der Waals surface area contributed by atoms with E-state index in [0.29, 0.717) is 19.5 Å². The van der Waals surface area contributed by atoms with Gasteiger partial charge in [0.1, 0.15) is 0 Å². The van der Waals surface area contributed by atoms with Crippen LogP contribution in [0.15, 0.2) is 24.3 Å². The summed E-state index contributed by atoms with van der Waals surface area (Å²) >= 11 is 0. The third-order valence-electron chi connectivity index (χ3n) is 3.34. The van der Waals surface area contributed by atoms with E-state index in [1.165, 1.54) is 12.1 Å². The van der Waals surface area contributed by atoms with Gasteiger partial charge >= 0.3 is 0 Å². The largest absolute Gasteiger partial charge is 0.341 e. The van der Waals surface area contributed by atoms with E-state index >= 15 is 0 Å². The van der Waals surface area contributed by atoms with Crippen molar-refractivity contribution in [2.24, 2.45) is 11.7 Å². The lowest BCUT2D eigenvalue weighted by Gasteiger charge is -2.20. The Morgan fingerprint density at radius 1 is 1.50 bits per heavy atom. The summed E-state index contributed by atoms with van der Waals surface area (Å²) in [5.41, 5.74) is 6.38. The second kappa shape index (κ2) is 7.59. The molecular weight excluding hydrogens is 258 g/mol. The highest BCUT2D eigenvalue weighted by Crippen LogP contribution is 2.15. The minimum atomic E-state index is -0.438. The number of rotatable bonds is 7. The van der Waals surface area contributed by atoms with Crippen LogP contribution in [0.2, 0.25) is 0 Å². The third-order valence-corrected chi connectivity index (χ3v) is 3.34. The lowest BCUT2D eigenvalue weighted by atomic mass is 10.0. The molecule has 0 bridgehead atoms. The summed E-state index contributed by atoms with van der Waals surface area (Å²) in [5.74, 6) is 0.198. The molecule has 1 unspecified atom stereocenters. The van der Waals surface area contributed by atoms with Crippen LogP contribution in [-0.2, 0) is 11.3 Å². The maximum Gasteiger partial charge on any atom is 0.269 e. The van der Waals surface area contributed by atoms with Crippen LogP contribution in [-0.4, -0.2) is 29.3 Å². The third kappa shape index (κ3) is 4.62. The molecule has 110 valence electrons. The Hall–Kier alpha value is -1.95. The molecule has 20 heavy (non-hydrogen) atoms. The number of carbonyl (C=O) groups is 1. The van der Waals surface area contributed by atoms with Crippen LogP contribution in [0.3, 0.4) is 0 Å². The summed E-state index contributed by atoms with van der Waals surface area (Å²) < 4.78 is 0. The van der Waals surface area contributed by atoms with Crippen molar-refractivity contribution in [1.29, 1.82) is 0 Å². The maximum absolute atomic E-state index is 12.0. The molecule has 1 aromatic carbocycles. The quantitative estimate of drug-likeness (QED) is 0.610. The first-order valence-corrected chi connectivity index (χ1v) is 6.65. The summed E-state index contributed by atoms with van der Waals surface area (Å²) in [6.07, 6.45) is 1.28. The first kappa shape index (κ1) is 16.1. The minimum Gasteiger partial charge on any atom is -0.341 e. The molecule has 0 aliphatic rings. The number of amides is 1. The predicted molar refractivity (Wildman–Crippen MR) is 77.0 cm³/mol. The molecular formula is C14H21N3O3. The van der Waals surface area contributed by atoms with Crippen molar-refractivity contribution >= 4 is 11.6 Å². The van der Waals surface area contributed by atoms with Gasteiger partial charge in [-0.15, -0.1) is 0 Å². The molecule has 0 saturated heterocycles. The van der Waals surface area contributed by atoms with Gasteiger partial charge in [0.05, 0.1) is 4.92 Å². The molecule has 1 rings (SSSR count). The van der Waals surface area contributed by atoms with Crippen LogP contribution in [0.1, 0.15) is 25.3 Å². The molecule has 6 heteroatoms. The molecule has 2 N–H and O–H groups in total. The molecule has 1 atom stereocenters. The van der Waals surface area contributed by atoms with E-state index in [1.807, 2.05) is 6.92 Å². The van der Waals surface area contributed by atoms with E-state index in [-0.39, 0.29) is 17.5 Å². The van der Waals surface area contributed by atoms with Gasteiger partial charge in [-0.05, 0) is 18.0 Å². The number of hydrogen-bond acceptors (Lipinski definition) is 4. The van der Waals surface area contributed by atoms with E-state index in [1.54, 1.807) is 24.1 Å². The molecule has 0 fully saturated rings. The van der Waals surface area contributed by atoms with Gasteiger partial charge in [0.25, 0.3) is 5.69 Å². The number of nitrogens with two attached hydrogens (primary N) is 1. The fraction of sp³-hybridized carbons (Fsp3) is 0.500. The Morgan fingerprint density at radius 2 is 2.20 bits per heavy atom. The second-order valence-electron chi connectivity index (χ2n) is 4.89. The lowest BCUT2D eigenvalue weighted by Crippen LogP contribution is -2.29. The van der Waals surface area contributed by atoms with E-state index in [4.69, 9.17) is 5.73 Å². The topological polar surface area (TPSA) is 89.5 Å². The van der Waals surface area contributed by atoms with Crippen molar-refractivity contribution in [3.05, 3.63) is 39.9 Å². The van der Waals surface area contributed by atoms with Crippen molar-refractivity contribution in [2.75, 3.05) is 13.6 Å². The summed E-state index contributed by atoms with van der Waals surface area (Å²) in [6, 6.07) is 6.33. The highest BCUT2D eigenvalue weighted by atomic mass is 16.6. The van der Waals surface area contributed by atoms with Crippen LogP contribution >= 0.6 is 0 Å². The van der Waals surface area contributed by atoms with Crippen LogP contribution in [0, 0.1) is 16.0 Å². The fourth-order valence-electron chi connectivity index (χ4n) is 1.93. The number of nitrogens with zero attached hydrogens (tertiary/aromatic N) is 2. The molecule has 1 aromatic rings. The molecule has 0 aromatic heterocycles.